The van der Waals surface area contributed by atoms with Gasteiger partial charge < -0.3 is 10.2 Å². The molecule has 0 spiro atoms. The summed E-state index contributed by atoms with van der Waals surface area (Å²) in [5.41, 5.74) is 3.36. The van der Waals surface area contributed by atoms with Crippen molar-refractivity contribution in [3.63, 3.8) is 0 Å². The number of benzene rings is 1. The van der Waals surface area contributed by atoms with Gasteiger partial charge in [0.15, 0.2) is 0 Å². The second-order valence-corrected chi connectivity index (χ2v) is 5.53. The maximum Gasteiger partial charge on any atom is 0.250 e. The van der Waals surface area contributed by atoms with Crippen molar-refractivity contribution in [3.05, 3.63) is 29.3 Å². The van der Waals surface area contributed by atoms with Gasteiger partial charge in [0.2, 0.25) is 11.8 Å². The van der Waals surface area contributed by atoms with Crippen molar-refractivity contribution < 1.29 is 9.59 Å². The zero-order valence-corrected chi connectivity index (χ0v) is 12.7. The number of anilines is 1. The molecule has 0 radical (unpaired) electrons. The predicted molar refractivity (Wildman–Crippen MR) is 83.3 cm³/mol. The lowest BCUT2D eigenvalue weighted by Gasteiger charge is -2.32. The van der Waals surface area contributed by atoms with Crippen molar-refractivity contribution >= 4 is 30.1 Å². The number of carbonyl (C=O) groups excluding carboxylic acids is 2. The molecule has 1 heterocycles. The molecule has 4 nitrogen and oxygen atoms in total. The third-order valence-corrected chi connectivity index (χ3v) is 3.84. The molecular weight excluding hydrogens is 272 g/mol. The van der Waals surface area contributed by atoms with E-state index in [1.807, 2.05) is 12.1 Å². The van der Waals surface area contributed by atoms with Gasteiger partial charge in [0.05, 0.1) is 0 Å². The first kappa shape index (κ1) is 14.9. The lowest BCUT2D eigenvalue weighted by molar-refractivity contribution is -0.126. The molecule has 1 aliphatic heterocycles. The summed E-state index contributed by atoms with van der Waals surface area (Å²) >= 11 is 4.17. The van der Waals surface area contributed by atoms with E-state index in [0.717, 1.165) is 18.5 Å². The third-order valence-electron chi connectivity index (χ3n) is 3.48. The van der Waals surface area contributed by atoms with Gasteiger partial charge in [-0.1, -0.05) is 17.7 Å². The molecule has 0 bridgehead atoms. The van der Waals surface area contributed by atoms with Crippen LogP contribution in [0.3, 0.4) is 0 Å². The standard InChI is InChI=1S/C15H20N2O2S/c1-10-5-6-14-12(8-10)4-3-7-17(14)15(19)13(9-20)16-11(2)18/h5-6,8,13,20H,3-4,7,9H2,1-2H3,(H,16,18). The predicted octanol–water partition coefficient (Wildman–Crippen LogP) is 1.71. The van der Waals surface area contributed by atoms with E-state index in [0.29, 0.717) is 12.3 Å². The van der Waals surface area contributed by atoms with Crippen molar-refractivity contribution in [1.29, 1.82) is 0 Å². The van der Waals surface area contributed by atoms with Crippen LogP contribution in [0.25, 0.3) is 0 Å². The van der Waals surface area contributed by atoms with Crippen LogP contribution in [0.1, 0.15) is 24.5 Å². The second-order valence-electron chi connectivity index (χ2n) is 5.16. The van der Waals surface area contributed by atoms with Gasteiger partial charge in [-0.2, -0.15) is 12.6 Å². The molecule has 0 aliphatic carbocycles. The third kappa shape index (κ3) is 3.15. The van der Waals surface area contributed by atoms with Gasteiger partial charge in [0.25, 0.3) is 0 Å². The number of amides is 2. The molecule has 108 valence electrons. The van der Waals surface area contributed by atoms with Crippen LogP contribution >= 0.6 is 12.6 Å². The van der Waals surface area contributed by atoms with Crippen molar-refractivity contribution in [2.75, 3.05) is 17.2 Å². The summed E-state index contributed by atoms with van der Waals surface area (Å²) in [5, 5.41) is 2.66. The minimum Gasteiger partial charge on any atom is -0.344 e. The number of aryl methyl sites for hydroxylation is 2. The normalized spacial score (nSPS) is 15.4. The summed E-state index contributed by atoms with van der Waals surface area (Å²) in [4.78, 5) is 25.5. The molecule has 1 N–H and O–H groups in total. The lowest BCUT2D eigenvalue weighted by Crippen LogP contribution is -2.50. The Hall–Kier alpha value is -1.49. The topological polar surface area (TPSA) is 49.4 Å². The molecule has 2 amide bonds. The summed E-state index contributed by atoms with van der Waals surface area (Å²) in [5.74, 6) is 0.00868. The van der Waals surface area contributed by atoms with E-state index >= 15 is 0 Å². The minimum atomic E-state index is -0.567. The van der Waals surface area contributed by atoms with Crippen LogP contribution in [-0.2, 0) is 16.0 Å². The molecule has 20 heavy (non-hydrogen) atoms. The van der Waals surface area contributed by atoms with Crippen molar-refractivity contribution in [2.24, 2.45) is 0 Å². The van der Waals surface area contributed by atoms with Crippen LogP contribution in [0.4, 0.5) is 5.69 Å². The van der Waals surface area contributed by atoms with Gasteiger partial charge in [-0.15, -0.1) is 0 Å². The van der Waals surface area contributed by atoms with E-state index in [9.17, 15) is 9.59 Å². The SMILES string of the molecule is CC(=O)NC(CS)C(=O)N1CCCc2cc(C)ccc21. The summed E-state index contributed by atoms with van der Waals surface area (Å²) in [6.45, 7) is 4.16. The Morgan fingerprint density at radius 2 is 2.20 bits per heavy atom. The fraction of sp³-hybridized carbons (Fsp3) is 0.467. The summed E-state index contributed by atoms with van der Waals surface area (Å²) in [7, 11) is 0. The van der Waals surface area contributed by atoms with Crippen molar-refractivity contribution in [2.45, 2.75) is 32.7 Å². The first-order valence-electron chi connectivity index (χ1n) is 6.82. The van der Waals surface area contributed by atoms with Crippen LogP contribution in [0, 0.1) is 6.92 Å². The minimum absolute atomic E-state index is 0.0833. The maximum atomic E-state index is 12.6. The van der Waals surface area contributed by atoms with Crippen LogP contribution in [-0.4, -0.2) is 30.2 Å². The average Bonchev–Trinajstić information content (AvgIpc) is 2.42. The van der Waals surface area contributed by atoms with Crippen molar-refractivity contribution in [1.82, 2.24) is 5.32 Å². The van der Waals surface area contributed by atoms with Gasteiger partial charge in [-0.25, -0.2) is 0 Å². The largest absolute Gasteiger partial charge is 0.344 e. The highest BCUT2D eigenvalue weighted by Gasteiger charge is 2.28. The Labute approximate surface area is 124 Å². The fourth-order valence-corrected chi connectivity index (χ4v) is 2.82. The van der Waals surface area contributed by atoms with Gasteiger partial charge in [0, 0.05) is 24.9 Å². The zero-order chi connectivity index (χ0) is 14.7. The summed E-state index contributed by atoms with van der Waals surface area (Å²) in [6.07, 6.45) is 1.94. The molecule has 0 aromatic heterocycles. The Bertz CT molecular complexity index is 531. The van der Waals surface area contributed by atoms with Gasteiger partial charge in [-0.3, -0.25) is 9.59 Å². The highest BCUT2D eigenvalue weighted by atomic mass is 32.1. The Balaban J connectivity index is 2.26. The summed E-state index contributed by atoms with van der Waals surface area (Å²) < 4.78 is 0. The number of nitrogens with one attached hydrogen (secondary N) is 1. The molecule has 1 aromatic carbocycles. The molecule has 1 aliphatic rings. The number of nitrogens with zero attached hydrogens (tertiary/aromatic N) is 1. The Kier molecular flexibility index (Phi) is 4.70. The lowest BCUT2D eigenvalue weighted by atomic mass is 9.99. The monoisotopic (exact) mass is 292 g/mol. The summed E-state index contributed by atoms with van der Waals surface area (Å²) in [6, 6.07) is 5.56. The molecule has 0 saturated carbocycles. The number of hydrogen-bond donors (Lipinski definition) is 2. The van der Waals surface area contributed by atoms with Gasteiger partial charge >= 0.3 is 0 Å². The molecule has 2 rings (SSSR count). The second kappa shape index (κ2) is 6.31. The first-order chi connectivity index (χ1) is 9.52. The molecule has 1 unspecified atom stereocenters. The highest BCUT2D eigenvalue weighted by molar-refractivity contribution is 7.80. The fourth-order valence-electron chi connectivity index (χ4n) is 2.57. The van der Waals surface area contributed by atoms with Crippen LogP contribution in [0.15, 0.2) is 18.2 Å². The molecule has 0 fully saturated rings. The Morgan fingerprint density at radius 1 is 1.45 bits per heavy atom. The molecule has 1 aromatic rings. The maximum absolute atomic E-state index is 12.6. The Morgan fingerprint density at radius 3 is 2.85 bits per heavy atom. The molecular formula is C15H20N2O2S. The van der Waals surface area contributed by atoms with E-state index in [2.05, 4.69) is 30.9 Å². The number of fused-ring (bicyclic) bond motifs is 1. The van der Waals surface area contributed by atoms with Crippen LogP contribution in [0.5, 0.6) is 0 Å². The van der Waals surface area contributed by atoms with Crippen LogP contribution in [0.2, 0.25) is 0 Å². The van der Waals surface area contributed by atoms with Crippen molar-refractivity contribution in [3.8, 4) is 0 Å². The van der Waals surface area contributed by atoms with Gasteiger partial charge in [0.1, 0.15) is 6.04 Å². The average molecular weight is 292 g/mol. The van der Waals surface area contributed by atoms with E-state index in [4.69, 9.17) is 0 Å². The first-order valence-corrected chi connectivity index (χ1v) is 7.45. The number of rotatable bonds is 3. The number of carbonyl (C=O) groups is 2. The zero-order valence-electron chi connectivity index (χ0n) is 11.8. The smallest absolute Gasteiger partial charge is 0.250 e. The highest BCUT2D eigenvalue weighted by Crippen LogP contribution is 2.28. The van der Waals surface area contributed by atoms with E-state index in [1.165, 1.54) is 18.1 Å². The quantitative estimate of drug-likeness (QED) is 0.833. The van der Waals surface area contributed by atoms with E-state index in [1.54, 1.807) is 4.90 Å². The van der Waals surface area contributed by atoms with E-state index < -0.39 is 6.04 Å². The number of thiol groups is 1. The van der Waals surface area contributed by atoms with Gasteiger partial charge in [-0.05, 0) is 31.4 Å². The number of hydrogen-bond acceptors (Lipinski definition) is 3. The van der Waals surface area contributed by atoms with Crippen LogP contribution < -0.4 is 10.2 Å². The molecule has 5 heteroatoms. The van der Waals surface area contributed by atoms with E-state index in [-0.39, 0.29) is 11.8 Å². The molecule has 1 atom stereocenters. The molecule has 0 saturated heterocycles.